The first-order valence-electron chi connectivity index (χ1n) is 7.13. The second-order valence-electron chi connectivity index (χ2n) is 5.15. The summed E-state index contributed by atoms with van der Waals surface area (Å²) < 4.78 is 0. The number of H-pyrrole nitrogens is 1. The molecular weight excluding hydrogens is 302 g/mol. The maximum Gasteiger partial charge on any atom is 0.254 e. The maximum absolute atomic E-state index is 12.1. The Morgan fingerprint density at radius 3 is 2.64 bits per heavy atom. The third kappa shape index (κ3) is 4.18. The van der Waals surface area contributed by atoms with Crippen LogP contribution in [0.1, 0.15) is 25.8 Å². The number of halogens is 1. The van der Waals surface area contributed by atoms with Crippen LogP contribution in [0.15, 0.2) is 35.3 Å². The number of carbonyl (C=O) groups is 1. The third-order valence-corrected chi connectivity index (χ3v) is 3.61. The highest BCUT2D eigenvalue weighted by Gasteiger charge is 2.11. The molecule has 0 saturated carbocycles. The highest BCUT2D eigenvalue weighted by atomic mass is 35.5. The van der Waals surface area contributed by atoms with E-state index in [1.807, 2.05) is 13.8 Å². The molecule has 1 aromatic carbocycles. The summed E-state index contributed by atoms with van der Waals surface area (Å²) in [7, 11) is 0. The maximum atomic E-state index is 12.1. The van der Waals surface area contributed by atoms with E-state index in [4.69, 9.17) is 11.6 Å². The van der Waals surface area contributed by atoms with Crippen molar-refractivity contribution in [3.8, 4) is 11.4 Å². The lowest BCUT2D eigenvalue weighted by Gasteiger charge is -2.11. The minimum atomic E-state index is -0.306. The molecule has 6 heteroatoms. The molecule has 0 aliphatic heterocycles. The van der Waals surface area contributed by atoms with Gasteiger partial charge in [0.05, 0.1) is 6.42 Å². The van der Waals surface area contributed by atoms with Crippen LogP contribution in [-0.2, 0) is 11.2 Å². The van der Waals surface area contributed by atoms with E-state index in [2.05, 4.69) is 15.3 Å². The summed E-state index contributed by atoms with van der Waals surface area (Å²) in [6.07, 6.45) is 2.31. The topological polar surface area (TPSA) is 74.8 Å². The first-order valence-corrected chi connectivity index (χ1v) is 7.51. The molecule has 0 radical (unpaired) electrons. The molecule has 2 N–H and O–H groups in total. The van der Waals surface area contributed by atoms with E-state index >= 15 is 0 Å². The van der Waals surface area contributed by atoms with Crippen molar-refractivity contribution in [2.45, 2.75) is 32.7 Å². The number of nitrogens with one attached hydrogen (secondary N) is 2. The van der Waals surface area contributed by atoms with Crippen LogP contribution in [0.4, 0.5) is 0 Å². The van der Waals surface area contributed by atoms with E-state index in [1.54, 1.807) is 24.3 Å². The molecule has 2 rings (SSSR count). The summed E-state index contributed by atoms with van der Waals surface area (Å²) in [6.45, 7) is 3.91. The molecule has 0 aliphatic carbocycles. The predicted molar refractivity (Wildman–Crippen MR) is 86.9 cm³/mol. The van der Waals surface area contributed by atoms with Crippen LogP contribution in [0.3, 0.4) is 0 Å². The van der Waals surface area contributed by atoms with Crippen molar-refractivity contribution in [3.05, 3.63) is 51.4 Å². The number of carbonyl (C=O) groups excluding carboxylic acids is 1. The van der Waals surface area contributed by atoms with Crippen molar-refractivity contribution < 1.29 is 4.79 Å². The van der Waals surface area contributed by atoms with E-state index in [9.17, 15) is 9.59 Å². The zero-order valence-corrected chi connectivity index (χ0v) is 13.3. The average molecular weight is 320 g/mol. The third-order valence-electron chi connectivity index (χ3n) is 3.36. The lowest BCUT2D eigenvalue weighted by atomic mass is 10.2. The quantitative estimate of drug-likeness (QED) is 0.889. The van der Waals surface area contributed by atoms with Gasteiger partial charge in [0.2, 0.25) is 5.91 Å². The van der Waals surface area contributed by atoms with Crippen LogP contribution in [0.25, 0.3) is 11.4 Å². The fraction of sp³-hybridized carbons (Fsp3) is 0.312. The van der Waals surface area contributed by atoms with Gasteiger partial charge in [-0.3, -0.25) is 9.59 Å². The Bertz CT molecular complexity index is 710. The Morgan fingerprint density at radius 2 is 2.05 bits per heavy atom. The zero-order chi connectivity index (χ0) is 16.1. The molecular formula is C16H18ClN3O2. The van der Waals surface area contributed by atoms with Gasteiger partial charge < -0.3 is 10.3 Å². The van der Waals surface area contributed by atoms with Crippen LogP contribution >= 0.6 is 11.6 Å². The van der Waals surface area contributed by atoms with Crippen molar-refractivity contribution in [2.75, 3.05) is 0 Å². The normalized spacial score (nSPS) is 12.0. The van der Waals surface area contributed by atoms with Crippen LogP contribution in [-0.4, -0.2) is 21.9 Å². The van der Waals surface area contributed by atoms with Gasteiger partial charge in [-0.15, -0.1) is 0 Å². The molecule has 0 fully saturated rings. The minimum Gasteiger partial charge on any atom is -0.353 e. The summed E-state index contributed by atoms with van der Waals surface area (Å²) in [4.78, 5) is 30.8. The van der Waals surface area contributed by atoms with Gasteiger partial charge in [0.1, 0.15) is 5.82 Å². The largest absolute Gasteiger partial charge is 0.353 e. The van der Waals surface area contributed by atoms with Crippen molar-refractivity contribution in [2.24, 2.45) is 0 Å². The van der Waals surface area contributed by atoms with Gasteiger partial charge in [0, 0.05) is 28.4 Å². The standard InChI is InChI=1S/C16H18ClN3O2/c1-3-10(2)19-14(21)8-12-9-18-15(20-16(12)22)11-4-6-13(17)7-5-11/h4-7,9-10H,3,8H2,1-2H3,(H,19,21)(H,18,20,22)/t10-/m1/s1. The van der Waals surface area contributed by atoms with Crippen molar-refractivity contribution in [1.82, 2.24) is 15.3 Å². The summed E-state index contributed by atoms with van der Waals surface area (Å²) in [5, 5.41) is 3.44. The second kappa shape index (κ2) is 7.22. The van der Waals surface area contributed by atoms with Crippen LogP contribution < -0.4 is 10.9 Å². The molecule has 116 valence electrons. The molecule has 2 aromatic rings. The summed E-state index contributed by atoms with van der Waals surface area (Å²) >= 11 is 5.83. The van der Waals surface area contributed by atoms with Crippen LogP contribution in [0.2, 0.25) is 5.02 Å². The van der Waals surface area contributed by atoms with Gasteiger partial charge in [0.25, 0.3) is 5.56 Å². The monoisotopic (exact) mass is 319 g/mol. The molecule has 1 atom stereocenters. The number of rotatable bonds is 5. The van der Waals surface area contributed by atoms with E-state index in [1.165, 1.54) is 6.20 Å². The molecule has 1 amide bonds. The Hall–Kier alpha value is -2.14. The van der Waals surface area contributed by atoms with Crippen molar-refractivity contribution in [3.63, 3.8) is 0 Å². The summed E-state index contributed by atoms with van der Waals surface area (Å²) in [5.74, 6) is 0.272. The molecule has 0 bridgehead atoms. The number of hydrogen-bond donors (Lipinski definition) is 2. The summed E-state index contributed by atoms with van der Waals surface area (Å²) in [6, 6.07) is 7.09. The number of aromatic nitrogens is 2. The highest BCUT2D eigenvalue weighted by Crippen LogP contribution is 2.16. The van der Waals surface area contributed by atoms with Gasteiger partial charge in [-0.05, 0) is 37.6 Å². The Balaban J connectivity index is 2.15. The number of nitrogens with zero attached hydrogens (tertiary/aromatic N) is 1. The van der Waals surface area contributed by atoms with Gasteiger partial charge in [-0.25, -0.2) is 4.98 Å². The molecule has 0 spiro atoms. The smallest absolute Gasteiger partial charge is 0.254 e. The van der Waals surface area contributed by atoms with E-state index in [-0.39, 0.29) is 23.9 Å². The minimum absolute atomic E-state index is 0.0214. The van der Waals surface area contributed by atoms with Crippen molar-refractivity contribution >= 4 is 17.5 Å². The van der Waals surface area contributed by atoms with Crippen LogP contribution in [0.5, 0.6) is 0 Å². The van der Waals surface area contributed by atoms with E-state index in [0.717, 1.165) is 12.0 Å². The van der Waals surface area contributed by atoms with Gasteiger partial charge in [-0.2, -0.15) is 0 Å². The summed E-state index contributed by atoms with van der Waals surface area (Å²) in [5.41, 5.74) is 0.801. The predicted octanol–water partition coefficient (Wildman–Crippen LogP) is 2.55. The molecule has 0 aliphatic rings. The van der Waals surface area contributed by atoms with Gasteiger partial charge in [0.15, 0.2) is 0 Å². The first-order chi connectivity index (χ1) is 10.5. The second-order valence-corrected chi connectivity index (χ2v) is 5.58. The lowest BCUT2D eigenvalue weighted by Crippen LogP contribution is -2.34. The fourth-order valence-electron chi connectivity index (χ4n) is 1.90. The number of hydrogen-bond acceptors (Lipinski definition) is 3. The Morgan fingerprint density at radius 1 is 1.36 bits per heavy atom. The van der Waals surface area contributed by atoms with E-state index < -0.39 is 0 Å². The number of amides is 1. The van der Waals surface area contributed by atoms with Gasteiger partial charge in [-0.1, -0.05) is 18.5 Å². The number of benzene rings is 1. The number of aromatic amines is 1. The molecule has 1 heterocycles. The first kappa shape index (κ1) is 16.2. The molecule has 1 aromatic heterocycles. The molecule has 5 nitrogen and oxygen atoms in total. The van der Waals surface area contributed by atoms with E-state index in [0.29, 0.717) is 16.4 Å². The highest BCUT2D eigenvalue weighted by molar-refractivity contribution is 6.30. The average Bonchev–Trinajstić information content (AvgIpc) is 2.50. The molecule has 22 heavy (non-hydrogen) atoms. The lowest BCUT2D eigenvalue weighted by molar-refractivity contribution is -0.121. The molecule has 0 unspecified atom stereocenters. The fourth-order valence-corrected chi connectivity index (χ4v) is 2.03. The van der Waals surface area contributed by atoms with Gasteiger partial charge >= 0.3 is 0 Å². The van der Waals surface area contributed by atoms with Crippen molar-refractivity contribution in [1.29, 1.82) is 0 Å². The Labute approximate surface area is 133 Å². The van der Waals surface area contributed by atoms with Crippen LogP contribution in [0, 0.1) is 0 Å². The Kier molecular flexibility index (Phi) is 5.33. The SMILES string of the molecule is CC[C@@H](C)NC(=O)Cc1cnc(-c2ccc(Cl)cc2)[nH]c1=O. The molecule has 0 saturated heterocycles. The zero-order valence-electron chi connectivity index (χ0n) is 12.5.